The van der Waals surface area contributed by atoms with Gasteiger partial charge in [-0.15, -0.1) is 0 Å². The van der Waals surface area contributed by atoms with Crippen molar-refractivity contribution in [1.82, 2.24) is 9.78 Å². The van der Waals surface area contributed by atoms with E-state index in [1.165, 1.54) is 12.8 Å². The van der Waals surface area contributed by atoms with Gasteiger partial charge < -0.3 is 9.84 Å². The van der Waals surface area contributed by atoms with Crippen LogP contribution in [0.1, 0.15) is 37.8 Å². The van der Waals surface area contributed by atoms with Gasteiger partial charge in [0.2, 0.25) is 0 Å². The SMILES string of the molecule is Cn1ccc(CC(O)CCC2CCCCO2)n1. The van der Waals surface area contributed by atoms with Gasteiger partial charge in [-0.2, -0.15) is 5.10 Å². The molecule has 1 saturated heterocycles. The number of aryl methyl sites for hydroxylation is 1. The second-order valence-corrected chi connectivity index (χ2v) is 4.90. The number of nitrogens with zero attached hydrogens (tertiary/aromatic N) is 2. The van der Waals surface area contributed by atoms with Gasteiger partial charge in [0.1, 0.15) is 0 Å². The molecule has 0 amide bonds. The van der Waals surface area contributed by atoms with Gasteiger partial charge in [0.05, 0.1) is 17.9 Å². The highest BCUT2D eigenvalue weighted by Crippen LogP contribution is 2.18. The van der Waals surface area contributed by atoms with Crippen molar-refractivity contribution in [3.05, 3.63) is 18.0 Å². The highest BCUT2D eigenvalue weighted by Gasteiger charge is 2.16. The molecule has 0 spiro atoms. The van der Waals surface area contributed by atoms with Crippen LogP contribution < -0.4 is 0 Å². The summed E-state index contributed by atoms with van der Waals surface area (Å²) in [4.78, 5) is 0. The Morgan fingerprint density at radius 3 is 3.12 bits per heavy atom. The minimum atomic E-state index is -0.296. The number of aliphatic hydroxyl groups is 1. The molecule has 17 heavy (non-hydrogen) atoms. The molecule has 1 aromatic heterocycles. The van der Waals surface area contributed by atoms with Gasteiger partial charge in [-0.25, -0.2) is 0 Å². The Morgan fingerprint density at radius 2 is 2.47 bits per heavy atom. The van der Waals surface area contributed by atoms with Crippen LogP contribution in [0.3, 0.4) is 0 Å². The lowest BCUT2D eigenvalue weighted by atomic mass is 10.0. The zero-order valence-corrected chi connectivity index (χ0v) is 10.5. The Labute approximate surface area is 103 Å². The quantitative estimate of drug-likeness (QED) is 0.849. The van der Waals surface area contributed by atoms with Crippen molar-refractivity contribution in [2.24, 2.45) is 7.05 Å². The van der Waals surface area contributed by atoms with E-state index in [-0.39, 0.29) is 6.10 Å². The monoisotopic (exact) mass is 238 g/mol. The summed E-state index contributed by atoms with van der Waals surface area (Å²) >= 11 is 0. The van der Waals surface area contributed by atoms with E-state index >= 15 is 0 Å². The smallest absolute Gasteiger partial charge is 0.0650 e. The first-order valence-corrected chi connectivity index (χ1v) is 6.52. The molecule has 1 aliphatic rings. The molecule has 2 unspecified atom stereocenters. The van der Waals surface area contributed by atoms with Gasteiger partial charge in [0.25, 0.3) is 0 Å². The summed E-state index contributed by atoms with van der Waals surface area (Å²) in [6.45, 7) is 0.890. The second kappa shape index (κ2) is 6.17. The average molecular weight is 238 g/mol. The van der Waals surface area contributed by atoms with Crippen LogP contribution in [0.2, 0.25) is 0 Å². The normalized spacial score (nSPS) is 22.6. The van der Waals surface area contributed by atoms with Crippen molar-refractivity contribution < 1.29 is 9.84 Å². The molecular weight excluding hydrogens is 216 g/mol. The molecule has 0 aromatic carbocycles. The summed E-state index contributed by atoms with van der Waals surface area (Å²) in [6, 6.07) is 1.96. The van der Waals surface area contributed by atoms with E-state index in [0.717, 1.165) is 31.6 Å². The molecule has 1 N–H and O–H groups in total. The first kappa shape index (κ1) is 12.6. The third-order valence-electron chi connectivity index (χ3n) is 3.31. The van der Waals surface area contributed by atoms with Crippen LogP contribution in [0.15, 0.2) is 12.3 Å². The molecule has 4 nitrogen and oxygen atoms in total. The van der Waals surface area contributed by atoms with Crippen molar-refractivity contribution >= 4 is 0 Å². The van der Waals surface area contributed by atoms with Crippen LogP contribution in [0.4, 0.5) is 0 Å². The molecule has 0 radical (unpaired) electrons. The van der Waals surface area contributed by atoms with E-state index in [0.29, 0.717) is 12.5 Å². The molecule has 0 saturated carbocycles. The zero-order chi connectivity index (χ0) is 12.1. The van der Waals surface area contributed by atoms with Crippen molar-refractivity contribution in [3.63, 3.8) is 0 Å². The third-order valence-corrected chi connectivity index (χ3v) is 3.31. The van der Waals surface area contributed by atoms with E-state index in [1.54, 1.807) is 4.68 Å². The maximum atomic E-state index is 9.94. The summed E-state index contributed by atoms with van der Waals surface area (Å²) in [6.07, 6.45) is 8.00. The fraction of sp³-hybridized carbons (Fsp3) is 0.769. The van der Waals surface area contributed by atoms with E-state index in [4.69, 9.17) is 4.74 Å². The number of aromatic nitrogens is 2. The molecule has 1 fully saturated rings. The van der Waals surface area contributed by atoms with E-state index in [9.17, 15) is 5.11 Å². The number of ether oxygens (including phenoxy) is 1. The maximum Gasteiger partial charge on any atom is 0.0650 e. The van der Waals surface area contributed by atoms with Gasteiger partial charge in [0, 0.05) is 26.3 Å². The van der Waals surface area contributed by atoms with Crippen LogP contribution >= 0.6 is 0 Å². The lowest BCUT2D eigenvalue weighted by molar-refractivity contribution is 0.00228. The fourth-order valence-corrected chi connectivity index (χ4v) is 2.33. The number of aliphatic hydroxyl groups excluding tert-OH is 1. The van der Waals surface area contributed by atoms with E-state index < -0.39 is 0 Å². The number of hydrogen-bond acceptors (Lipinski definition) is 3. The molecule has 1 aliphatic heterocycles. The highest BCUT2D eigenvalue weighted by molar-refractivity contribution is 5.00. The maximum absolute atomic E-state index is 9.94. The Hall–Kier alpha value is -0.870. The summed E-state index contributed by atoms with van der Waals surface area (Å²) in [5, 5.41) is 14.2. The summed E-state index contributed by atoms with van der Waals surface area (Å²) in [5.41, 5.74) is 0.963. The first-order valence-electron chi connectivity index (χ1n) is 6.52. The molecule has 96 valence electrons. The van der Waals surface area contributed by atoms with Crippen LogP contribution in [0.5, 0.6) is 0 Å². The largest absolute Gasteiger partial charge is 0.393 e. The summed E-state index contributed by atoms with van der Waals surface area (Å²) in [5.74, 6) is 0. The van der Waals surface area contributed by atoms with Crippen molar-refractivity contribution in [2.75, 3.05) is 6.61 Å². The van der Waals surface area contributed by atoms with Gasteiger partial charge in [-0.3, -0.25) is 4.68 Å². The molecule has 1 aromatic rings. The Bertz CT molecular complexity index is 332. The van der Waals surface area contributed by atoms with Crippen LogP contribution in [0, 0.1) is 0 Å². The Morgan fingerprint density at radius 1 is 1.59 bits per heavy atom. The molecule has 2 rings (SSSR count). The van der Waals surface area contributed by atoms with Crippen molar-refractivity contribution in [3.8, 4) is 0 Å². The van der Waals surface area contributed by atoms with Crippen LogP contribution in [-0.2, 0) is 18.2 Å². The number of hydrogen-bond donors (Lipinski definition) is 1. The Balaban J connectivity index is 1.68. The van der Waals surface area contributed by atoms with Crippen LogP contribution in [-0.4, -0.2) is 33.7 Å². The van der Waals surface area contributed by atoms with E-state index in [2.05, 4.69) is 5.10 Å². The first-order chi connectivity index (χ1) is 8.24. The second-order valence-electron chi connectivity index (χ2n) is 4.90. The molecular formula is C13H22N2O2. The van der Waals surface area contributed by atoms with Gasteiger partial charge in [-0.05, 0) is 38.2 Å². The van der Waals surface area contributed by atoms with Gasteiger partial charge >= 0.3 is 0 Å². The van der Waals surface area contributed by atoms with Crippen molar-refractivity contribution in [1.29, 1.82) is 0 Å². The summed E-state index contributed by atoms with van der Waals surface area (Å²) < 4.78 is 7.42. The lowest BCUT2D eigenvalue weighted by Crippen LogP contribution is -2.21. The van der Waals surface area contributed by atoms with E-state index in [1.807, 2.05) is 19.3 Å². The molecule has 0 bridgehead atoms. The summed E-state index contributed by atoms with van der Waals surface area (Å²) in [7, 11) is 1.89. The zero-order valence-electron chi connectivity index (χ0n) is 10.5. The van der Waals surface area contributed by atoms with Gasteiger partial charge in [0.15, 0.2) is 0 Å². The van der Waals surface area contributed by atoms with Gasteiger partial charge in [-0.1, -0.05) is 0 Å². The lowest BCUT2D eigenvalue weighted by Gasteiger charge is -2.23. The minimum Gasteiger partial charge on any atom is -0.393 e. The minimum absolute atomic E-state index is 0.296. The standard InChI is InChI=1S/C13H22N2O2/c1-15-8-7-11(14-15)10-12(16)5-6-13-4-2-3-9-17-13/h7-8,12-13,16H,2-6,9-10H2,1H3. The molecule has 2 heterocycles. The number of rotatable bonds is 5. The van der Waals surface area contributed by atoms with Crippen LogP contribution in [0.25, 0.3) is 0 Å². The third kappa shape index (κ3) is 4.13. The average Bonchev–Trinajstić information content (AvgIpc) is 2.73. The fourth-order valence-electron chi connectivity index (χ4n) is 2.33. The molecule has 2 atom stereocenters. The Kier molecular flexibility index (Phi) is 4.57. The predicted octanol–water partition coefficient (Wildman–Crippen LogP) is 1.67. The predicted molar refractivity (Wildman–Crippen MR) is 65.7 cm³/mol. The highest BCUT2D eigenvalue weighted by atomic mass is 16.5. The topological polar surface area (TPSA) is 47.3 Å². The molecule has 4 heteroatoms. The van der Waals surface area contributed by atoms with Crippen molar-refractivity contribution in [2.45, 2.75) is 50.7 Å². The molecule has 0 aliphatic carbocycles.